The van der Waals surface area contributed by atoms with Crippen molar-refractivity contribution in [1.82, 2.24) is 0 Å². The highest BCUT2D eigenvalue weighted by Gasteiger charge is 2.58. The molecule has 0 aliphatic carbocycles. The van der Waals surface area contributed by atoms with Gasteiger partial charge in [-0.05, 0) is 19.3 Å². The van der Waals surface area contributed by atoms with E-state index >= 15 is 0 Å². The van der Waals surface area contributed by atoms with Gasteiger partial charge in [0.1, 0.15) is 5.60 Å². The molecule has 15 heavy (non-hydrogen) atoms. The van der Waals surface area contributed by atoms with Crippen molar-refractivity contribution in [2.45, 2.75) is 64.6 Å². The average Bonchev–Trinajstić information content (AvgIpc) is 2.99. The molecule has 1 aliphatic heterocycles. The van der Waals surface area contributed by atoms with Crippen LogP contribution in [0.25, 0.3) is 0 Å². The lowest BCUT2D eigenvalue weighted by Gasteiger charge is -2.06. The second-order valence-electron chi connectivity index (χ2n) is 4.14. The van der Waals surface area contributed by atoms with Crippen molar-refractivity contribution in [3.63, 3.8) is 0 Å². The van der Waals surface area contributed by atoms with E-state index < -0.39 is 0 Å². The Morgan fingerprint density at radius 3 is 2.40 bits per heavy atom. The number of rotatable bonds is 7. The van der Waals surface area contributed by atoms with Gasteiger partial charge in [0.25, 0.3) is 0 Å². The Bertz CT molecular complexity index is 209. The van der Waals surface area contributed by atoms with Crippen molar-refractivity contribution in [3.8, 4) is 0 Å². The van der Waals surface area contributed by atoms with Crippen molar-refractivity contribution >= 4 is 5.97 Å². The fraction of sp³-hybridized carbons (Fsp3) is 0.917. The molecule has 1 atom stereocenters. The molecule has 0 aromatic heterocycles. The Labute approximate surface area is 92.1 Å². The highest BCUT2D eigenvalue weighted by molar-refractivity contribution is 5.79. The van der Waals surface area contributed by atoms with Gasteiger partial charge >= 0.3 is 5.97 Å². The third kappa shape index (κ3) is 2.94. The van der Waals surface area contributed by atoms with Crippen LogP contribution in [0.4, 0.5) is 0 Å². The van der Waals surface area contributed by atoms with Gasteiger partial charge in [-0.25, -0.2) is 4.79 Å². The molecule has 0 N–H and O–H groups in total. The molecule has 0 aromatic rings. The Morgan fingerprint density at radius 2 is 1.93 bits per heavy atom. The van der Waals surface area contributed by atoms with Crippen LogP contribution in [0.1, 0.15) is 52.9 Å². The second kappa shape index (κ2) is 5.50. The van der Waals surface area contributed by atoms with Crippen molar-refractivity contribution in [2.75, 3.05) is 6.61 Å². The summed E-state index contributed by atoms with van der Waals surface area (Å²) in [5, 5.41) is 0. The van der Waals surface area contributed by atoms with Gasteiger partial charge in [0.15, 0.2) is 6.10 Å². The molecule has 3 nitrogen and oxygen atoms in total. The highest BCUT2D eigenvalue weighted by Crippen LogP contribution is 2.43. The van der Waals surface area contributed by atoms with Crippen molar-refractivity contribution in [2.24, 2.45) is 0 Å². The van der Waals surface area contributed by atoms with Crippen molar-refractivity contribution < 1.29 is 14.3 Å². The van der Waals surface area contributed by atoms with Gasteiger partial charge in [0, 0.05) is 0 Å². The minimum Gasteiger partial charge on any atom is -0.464 e. The van der Waals surface area contributed by atoms with Gasteiger partial charge in [0.2, 0.25) is 0 Å². The van der Waals surface area contributed by atoms with E-state index in [1.807, 2.05) is 13.8 Å². The third-order valence-electron chi connectivity index (χ3n) is 3.18. The van der Waals surface area contributed by atoms with Crippen LogP contribution in [-0.2, 0) is 14.3 Å². The summed E-state index contributed by atoms with van der Waals surface area (Å²) in [6.07, 6.45) is 4.70. The number of esters is 1. The lowest BCUT2D eigenvalue weighted by molar-refractivity contribution is -0.145. The Kier molecular flexibility index (Phi) is 4.58. The summed E-state index contributed by atoms with van der Waals surface area (Å²) in [5.41, 5.74) is -0.207. The number of hydrogen-bond acceptors (Lipinski definition) is 3. The molecule has 0 saturated carbocycles. The molecule has 88 valence electrons. The molecule has 1 saturated heterocycles. The predicted octanol–water partition coefficient (Wildman–Crippen LogP) is 2.68. The lowest BCUT2D eigenvalue weighted by Crippen LogP contribution is -2.21. The number of carbonyl (C=O) groups excluding carboxylic acids is 1. The quantitative estimate of drug-likeness (QED) is 0.371. The topological polar surface area (TPSA) is 38.8 Å². The van der Waals surface area contributed by atoms with E-state index in [2.05, 4.69) is 6.92 Å². The van der Waals surface area contributed by atoms with E-state index in [0.717, 1.165) is 32.1 Å². The smallest absolute Gasteiger partial charge is 0.338 e. The van der Waals surface area contributed by atoms with Crippen LogP contribution in [0, 0.1) is 0 Å². The van der Waals surface area contributed by atoms with Gasteiger partial charge < -0.3 is 9.47 Å². The molecular weight excluding hydrogens is 192 g/mol. The maximum Gasteiger partial charge on any atom is 0.338 e. The summed E-state index contributed by atoms with van der Waals surface area (Å²) in [4.78, 5) is 11.6. The fourth-order valence-electron chi connectivity index (χ4n) is 1.85. The van der Waals surface area contributed by atoms with Gasteiger partial charge in [-0.1, -0.05) is 33.6 Å². The molecule has 0 radical (unpaired) electrons. The summed E-state index contributed by atoms with van der Waals surface area (Å²) < 4.78 is 10.6. The molecule has 0 bridgehead atoms. The molecule has 1 unspecified atom stereocenters. The fourth-order valence-corrected chi connectivity index (χ4v) is 1.85. The molecular formula is C12H22O3. The van der Waals surface area contributed by atoms with Crippen LogP contribution in [0.3, 0.4) is 0 Å². The zero-order valence-corrected chi connectivity index (χ0v) is 10.0. The van der Waals surface area contributed by atoms with Crippen molar-refractivity contribution in [1.29, 1.82) is 0 Å². The number of unbranched alkanes of at least 4 members (excludes halogenated alkanes) is 2. The number of hydrogen-bond donors (Lipinski definition) is 0. The minimum absolute atomic E-state index is 0.171. The van der Waals surface area contributed by atoms with Crippen LogP contribution in [0.2, 0.25) is 0 Å². The SMILES string of the molecule is CCCCCOC(=O)C1OC1(CC)CC. The maximum atomic E-state index is 11.6. The average molecular weight is 214 g/mol. The first-order valence-electron chi connectivity index (χ1n) is 6.04. The Balaban J connectivity index is 2.20. The van der Waals surface area contributed by atoms with Crippen LogP contribution in [-0.4, -0.2) is 24.3 Å². The summed E-state index contributed by atoms with van der Waals surface area (Å²) >= 11 is 0. The van der Waals surface area contributed by atoms with Crippen LogP contribution >= 0.6 is 0 Å². The molecule has 1 heterocycles. The highest BCUT2D eigenvalue weighted by atomic mass is 16.7. The largest absolute Gasteiger partial charge is 0.464 e. The van der Waals surface area contributed by atoms with Crippen LogP contribution in [0.15, 0.2) is 0 Å². The van der Waals surface area contributed by atoms with Gasteiger partial charge in [-0.15, -0.1) is 0 Å². The van der Waals surface area contributed by atoms with E-state index in [4.69, 9.17) is 9.47 Å². The first-order valence-corrected chi connectivity index (χ1v) is 6.04. The molecule has 1 fully saturated rings. The number of epoxide rings is 1. The van der Waals surface area contributed by atoms with Gasteiger partial charge in [-0.3, -0.25) is 0 Å². The van der Waals surface area contributed by atoms with Gasteiger partial charge in [0.05, 0.1) is 6.61 Å². The summed E-state index contributed by atoms with van der Waals surface area (Å²) in [5.74, 6) is -0.171. The van der Waals surface area contributed by atoms with Crippen molar-refractivity contribution in [3.05, 3.63) is 0 Å². The number of ether oxygens (including phenoxy) is 2. The Morgan fingerprint density at radius 1 is 1.27 bits per heavy atom. The van der Waals surface area contributed by atoms with Crippen LogP contribution in [0.5, 0.6) is 0 Å². The first-order chi connectivity index (χ1) is 7.20. The molecule has 0 aromatic carbocycles. The second-order valence-corrected chi connectivity index (χ2v) is 4.14. The van der Waals surface area contributed by atoms with Crippen LogP contribution < -0.4 is 0 Å². The van der Waals surface area contributed by atoms with E-state index in [0.29, 0.717) is 6.61 Å². The summed E-state index contributed by atoms with van der Waals surface area (Å²) in [7, 11) is 0. The van der Waals surface area contributed by atoms with Gasteiger partial charge in [-0.2, -0.15) is 0 Å². The predicted molar refractivity (Wildman–Crippen MR) is 58.7 cm³/mol. The molecule has 3 heteroatoms. The number of carbonyl (C=O) groups is 1. The first kappa shape index (κ1) is 12.5. The third-order valence-corrected chi connectivity index (χ3v) is 3.18. The molecule has 0 spiro atoms. The van der Waals surface area contributed by atoms with E-state index in [1.54, 1.807) is 0 Å². The molecule has 0 amide bonds. The normalized spacial score (nSPS) is 22.5. The molecule has 1 aliphatic rings. The van der Waals surface area contributed by atoms with E-state index in [-0.39, 0.29) is 17.7 Å². The summed E-state index contributed by atoms with van der Waals surface area (Å²) in [6.45, 7) is 6.77. The lowest BCUT2D eigenvalue weighted by atomic mass is 9.99. The summed E-state index contributed by atoms with van der Waals surface area (Å²) in [6, 6.07) is 0. The zero-order chi connectivity index (χ0) is 11.3. The monoisotopic (exact) mass is 214 g/mol. The minimum atomic E-state index is -0.297. The molecule has 1 rings (SSSR count). The van der Waals surface area contributed by atoms with E-state index in [1.165, 1.54) is 0 Å². The van der Waals surface area contributed by atoms with E-state index in [9.17, 15) is 4.79 Å². The Hall–Kier alpha value is -0.570. The maximum absolute atomic E-state index is 11.6. The zero-order valence-electron chi connectivity index (χ0n) is 10.0. The standard InChI is InChI=1S/C12H22O3/c1-4-7-8-9-14-11(13)10-12(5-2,6-3)15-10/h10H,4-9H2,1-3H3.